The Morgan fingerprint density at radius 1 is 1.26 bits per heavy atom. The molecule has 3 nitrogen and oxygen atoms in total. The van der Waals surface area contributed by atoms with Crippen molar-refractivity contribution in [3.05, 3.63) is 24.3 Å². The van der Waals surface area contributed by atoms with Gasteiger partial charge in [0.15, 0.2) is 0 Å². The van der Waals surface area contributed by atoms with Crippen molar-refractivity contribution in [2.45, 2.75) is 36.1 Å². The molecule has 2 rings (SSSR count). The molecule has 8 heteroatoms. The van der Waals surface area contributed by atoms with Crippen molar-refractivity contribution in [1.29, 1.82) is 0 Å². The molecular weight excluding hydrogens is 349 g/mol. The van der Waals surface area contributed by atoms with Crippen molar-refractivity contribution in [2.75, 3.05) is 18.4 Å². The van der Waals surface area contributed by atoms with E-state index in [1.54, 1.807) is 6.07 Å². The first-order valence-electron chi connectivity index (χ1n) is 7.29. The van der Waals surface area contributed by atoms with E-state index < -0.39 is 5.51 Å². The lowest BCUT2D eigenvalue weighted by atomic mass is 9.93. The Balaban J connectivity index is 0.00000264. The van der Waals surface area contributed by atoms with E-state index in [1.165, 1.54) is 18.2 Å². The van der Waals surface area contributed by atoms with Crippen LogP contribution in [0.5, 0.6) is 0 Å². The second kappa shape index (κ2) is 9.39. The first kappa shape index (κ1) is 20.1. The molecule has 0 radical (unpaired) electrons. The Labute approximate surface area is 144 Å². The monoisotopic (exact) mass is 368 g/mol. The SMILES string of the molecule is Cl.O=C(CCC1CCNCC1)Nc1ccccc1SC(F)(F)F. The number of halogens is 4. The van der Waals surface area contributed by atoms with E-state index in [0.29, 0.717) is 12.3 Å². The van der Waals surface area contributed by atoms with Gasteiger partial charge in [-0.1, -0.05) is 12.1 Å². The number of rotatable bonds is 5. The van der Waals surface area contributed by atoms with Crippen LogP contribution in [-0.4, -0.2) is 24.5 Å². The lowest BCUT2D eigenvalue weighted by Crippen LogP contribution is -2.28. The van der Waals surface area contributed by atoms with E-state index in [0.717, 1.165) is 32.4 Å². The molecule has 1 fully saturated rings. The Kier molecular flexibility index (Phi) is 8.22. The van der Waals surface area contributed by atoms with Crippen LogP contribution >= 0.6 is 24.2 Å². The second-order valence-corrected chi connectivity index (χ2v) is 6.43. The fourth-order valence-electron chi connectivity index (χ4n) is 2.50. The number of carbonyl (C=O) groups excluding carboxylic acids is 1. The molecule has 0 aromatic heterocycles. The van der Waals surface area contributed by atoms with Crippen molar-refractivity contribution in [1.82, 2.24) is 5.32 Å². The Morgan fingerprint density at radius 3 is 2.57 bits per heavy atom. The second-order valence-electron chi connectivity index (χ2n) is 5.32. The van der Waals surface area contributed by atoms with E-state index in [1.807, 2.05) is 0 Å². The Bertz CT molecular complexity index is 508. The fourth-order valence-corrected chi connectivity index (χ4v) is 3.13. The van der Waals surface area contributed by atoms with Gasteiger partial charge in [0.25, 0.3) is 0 Å². The summed E-state index contributed by atoms with van der Waals surface area (Å²) in [5.41, 5.74) is -4.14. The van der Waals surface area contributed by atoms with Crippen LogP contribution in [0.4, 0.5) is 18.9 Å². The van der Waals surface area contributed by atoms with Gasteiger partial charge in [-0.25, -0.2) is 0 Å². The number of hydrogen-bond acceptors (Lipinski definition) is 3. The van der Waals surface area contributed by atoms with Crippen molar-refractivity contribution < 1.29 is 18.0 Å². The molecule has 0 aliphatic carbocycles. The van der Waals surface area contributed by atoms with Crippen LogP contribution in [0, 0.1) is 5.92 Å². The highest BCUT2D eigenvalue weighted by molar-refractivity contribution is 8.00. The third-order valence-electron chi connectivity index (χ3n) is 3.63. The minimum absolute atomic E-state index is 0. The molecule has 130 valence electrons. The van der Waals surface area contributed by atoms with Crippen molar-refractivity contribution >= 4 is 35.8 Å². The molecule has 0 spiro atoms. The number of hydrogen-bond donors (Lipinski definition) is 2. The third-order valence-corrected chi connectivity index (χ3v) is 4.43. The highest BCUT2D eigenvalue weighted by Gasteiger charge is 2.30. The molecule has 0 atom stereocenters. The van der Waals surface area contributed by atoms with Crippen LogP contribution in [-0.2, 0) is 4.79 Å². The average molecular weight is 369 g/mol. The number of anilines is 1. The standard InChI is InChI=1S/C15H19F3N2OS.ClH/c16-15(17,18)22-13-4-2-1-3-12(13)20-14(21)6-5-11-7-9-19-10-8-11;/h1-4,11,19H,5-10H2,(H,20,21);1H. The molecule has 1 amide bonds. The topological polar surface area (TPSA) is 41.1 Å². The van der Waals surface area contributed by atoms with E-state index in [-0.39, 0.29) is 40.7 Å². The number of carbonyl (C=O) groups is 1. The molecule has 0 bridgehead atoms. The summed E-state index contributed by atoms with van der Waals surface area (Å²) >= 11 is -0.207. The van der Waals surface area contributed by atoms with Crippen LogP contribution < -0.4 is 10.6 Å². The van der Waals surface area contributed by atoms with Crippen molar-refractivity contribution in [3.8, 4) is 0 Å². The maximum absolute atomic E-state index is 12.5. The number of amides is 1. The minimum atomic E-state index is -4.37. The molecule has 1 aliphatic heterocycles. The first-order chi connectivity index (χ1) is 10.4. The van der Waals surface area contributed by atoms with Gasteiger partial charge in [0.1, 0.15) is 0 Å². The van der Waals surface area contributed by atoms with Gasteiger partial charge >= 0.3 is 5.51 Å². The predicted molar refractivity (Wildman–Crippen MR) is 89.1 cm³/mol. The summed E-state index contributed by atoms with van der Waals surface area (Å²) in [6, 6.07) is 6.00. The summed E-state index contributed by atoms with van der Waals surface area (Å²) in [6.07, 6.45) is 3.22. The maximum atomic E-state index is 12.5. The average Bonchev–Trinajstić information content (AvgIpc) is 2.47. The van der Waals surface area contributed by atoms with Crippen LogP contribution in [0.25, 0.3) is 0 Å². The predicted octanol–water partition coefficient (Wildman–Crippen LogP) is 4.44. The number of nitrogens with one attached hydrogen (secondary N) is 2. The molecule has 0 saturated carbocycles. The van der Waals surface area contributed by atoms with E-state index >= 15 is 0 Å². The molecular formula is C15H20ClF3N2OS. The zero-order chi connectivity index (χ0) is 16.0. The van der Waals surface area contributed by atoms with E-state index in [4.69, 9.17) is 0 Å². The molecule has 1 aromatic rings. The summed E-state index contributed by atoms with van der Waals surface area (Å²) in [4.78, 5) is 12.0. The van der Waals surface area contributed by atoms with Gasteiger partial charge in [-0.15, -0.1) is 12.4 Å². The number of alkyl halides is 3. The third kappa shape index (κ3) is 7.46. The zero-order valence-electron chi connectivity index (χ0n) is 12.5. The largest absolute Gasteiger partial charge is 0.446 e. The van der Waals surface area contributed by atoms with Crippen LogP contribution in [0.2, 0.25) is 0 Å². The molecule has 23 heavy (non-hydrogen) atoms. The van der Waals surface area contributed by atoms with Crippen LogP contribution in [0.3, 0.4) is 0 Å². The summed E-state index contributed by atoms with van der Waals surface area (Å²) in [7, 11) is 0. The van der Waals surface area contributed by atoms with Crippen molar-refractivity contribution in [3.63, 3.8) is 0 Å². The van der Waals surface area contributed by atoms with Gasteiger partial charge in [-0.3, -0.25) is 4.79 Å². The normalized spacial score (nSPS) is 15.8. The van der Waals surface area contributed by atoms with Crippen LogP contribution in [0.15, 0.2) is 29.2 Å². The van der Waals surface area contributed by atoms with Gasteiger partial charge in [-0.05, 0) is 62.2 Å². The van der Waals surface area contributed by atoms with Crippen LogP contribution in [0.1, 0.15) is 25.7 Å². The van der Waals surface area contributed by atoms with Gasteiger partial charge < -0.3 is 10.6 Å². The van der Waals surface area contributed by atoms with Gasteiger partial charge in [-0.2, -0.15) is 13.2 Å². The lowest BCUT2D eigenvalue weighted by Gasteiger charge is -2.22. The molecule has 1 aliphatic rings. The maximum Gasteiger partial charge on any atom is 0.446 e. The smallest absolute Gasteiger partial charge is 0.325 e. The number of piperidine rings is 1. The highest BCUT2D eigenvalue weighted by atomic mass is 35.5. The quantitative estimate of drug-likeness (QED) is 0.755. The molecule has 0 unspecified atom stereocenters. The Hall–Kier alpha value is -0.920. The Morgan fingerprint density at radius 2 is 1.91 bits per heavy atom. The number of thioether (sulfide) groups is 1. The summed E-state index contributed by atoms with van der Waals surface area (Å²) in [5, 5.41) is 5.86. The fraction of sp³-hybridized carbons (Fsp3) is 0.533. The highest BCUT2D eigenvalue weighted by Crippen LogP contribution is 2.40. The van der Waals surface area contributed by atoms with Gasteiger partial charge in [0.05, 0.1) is 5.69 Å². The molecule has 2 N–H and O–H groups in total. The first-order valence-corrected chi connectivity index (χ1v) is 8.11. The summed E-state index contributed by atoms with van der Waals surface area (Å²) in [5.74, 6) is 0.292. The number of benzene rings is 1. The van der Waals surface area contributed by atoms with Gasteiger partial charge in [0.2, 0.25) is 5.91 Å². The van der Waals surface area contributed by atoms with Crippen molar-refractivity contribution in [2.24, 2.45) is 5.92 Å². The van der Waals surface area contributed by atoms with E-state index in [2.05, 4.69) is 10.6 Å². The summed E-state index contributed by atoms with van der Waals surface area (Å²) < 4.78 is 37.5. The molecule has 1 heterocycles. The molecule has 1 saturated heterocycles. The van der Waals surface area contributed by atoms with E-state index in [9.17, 15) is 18.0 Å². The lowest BCUT2D eigenvalue weighted by molar-refractivity contribution is -0.116. The summed E-state index contributed by atoms with van der Waals surface area (Å²) in [6.45, 7) is 1.94. The zero-order valence-corrected chi connectivity index (χ0v) is 14.1. The van der Waals surface area contributed by atoms with Gasteiger partial charge in [0, 0.05) is 11.3 Å². The minimum Gasteiger partial charge on any atom is -0.325 e. The molecule has 1 aromatic carbocycles. The number of para-hydroxylation sites is 1.